The van der Waals surface area contributed by atoms with E-state index in [9.17, 15) is 4.79 Å². The minimum atomic E-state index is -0.266. The van der Waals surface area contributed by atoms with E-state index in [0.29, 0.717) is 28.5 Å². The first kappa shape index (κ1) is 25.9. The third kappa shape index (κ3) is 6.78. The van der Waals surface area contributed by atoms with Gasteiger partial charge in [-0.1, -0.05) is 18.2 Å². The van der Waals surface area contributed by atoms with Gasteiger partial charge in [0, 0.05) is 49.7 Å². The maximum atomic E-state index is 13.0. The van der Waals surface area contributed by atoms with Crippen LogP contribution in [-0.4, -0.2) is 54.0 Å². The number of carbonyl (C=O) groups is 1. The van der Waals surface area contributed by atoms with Crippen LogP contribution in [0, 0.1) is 19.9 Å². The largest absolute Gasteiger partial charge is 0.369 e. The second-order valence-electron chi connectivity index (χ2n) is 9.56. The van der Waals surface area contributed by atoms with Gasteiger partial charge in [0.1, 0.15) is 5.56 Å². The predicted molar refractivity (Wildman–Crippen MR) is 156 cm³/mol. The van der Waals surface area contributed by atoms with Crippen molar-refractivity contribution in [3.8, 4) is 6.07 Å². The van der Waals surface area contributed by atoms with E-state index in [1.807, 2.05) is 43.3 Å². The lowest BCUT2D eigenvalue weighted by molar-refractivity contribution is 0.102. The van der Waals surface area contributed by atoms with Crippen molar-refractivity contribution in [2.45, 2.75) is 6.92 Å². The van der Waals surface area contributed by atoms with Crippen molar-refractivity contribution in [3.63, 3.8) is 0 Å². The van der Waals surface area contributed by atoms with Crippen molar-refractivity contribution in [2.75, 3.05) is 48.8 Å². The molecule has 1 fully saturated rings. The minimum absolute atomic E-state index is 0.266. The van der Waals surface area contributed by atoms with E-state index < -0.39 is 0 Å². The number of piperazine rings is 1. The van der Waals surface area contributed by atoms with Crippen molar-refractivity contribution in [2.24, 2.45) is 0 Å². The summed E-state index contributed by atoms with van der Waals surface area (Å²) in [5.41, 5.74) is 5.95. The van der Waals surface area contributed by atoms with Crippen LogP contribution in [0.1, 0.15) is 27.0 Å². The molecular formula is C31H30N7O+. The highest BCUT2D eigenvalue weighted by atomic mass is 16.1. The lowest BCUT2D eigenvalue weighted by Gasteiger charge is -2.34. The number of aromatic nitrogens is 2. The average molecular weight is 517 g/mol. The molecule has 8 heteroatoms. The van der Waals surface area contributed by atoms with Crippen molar-refractivity contribution < 1.29 is 4.79 Å². The summed E-state index contributed by atoms with van der Waals surface area (Å²) in [6.45, 7) is 11.9. The molecule has 0 atom stereocenters. The third-order valence-electron chi connectivity index (χ3n) is 6.57. The maximum Gasteiger partial charge on any atom is 0.341 e. The molecule has 0 aliphatic carbocycles. The lowest BCUT2D eigenvalue weighted by Crippen LogP contribution is -2.44. The Kier molecular flexibility index (Phi) is 7.80. The number of benzene rings is 3. The van der Waals surface area contributed by atoms with Crippen LogP contribution in [0.15, 0.2) is 79.1 Å². The number of hydrogen-bond acceptors (Lipinski definition) is 6. The van der Waals surface area contributed by atoms with Crippen LogP contribution in [0.25, 0.3) is 4.85 Å². The highest BCUT2D eigenvalue weighted by Gasteiger charge is 2.16. The van der Waals surface area contributed by atoms with E-state index in [2.05, 4.69) is 60.5 Å². The van der Waals surface area contributed by atoms with E-state index in [4.69, 9.17) is 6.92 Å². The molecule has 1 amide bonds. The Labute approximate surface area is 229 Å². The van der Waals surface area contributed by atoms with Gasteiger partial charge in [-0.3, -0.25) is 4.79 Å². The number of hydrogen-bond donors (Lipinski definition) is 2. The first-order valence-electron chi connectivity index (χ1n) is 12.8. The molecule has 0 bridgehead atoms. The molecule has 39 heavy (non-hydrogen) atoms. The summed E-state index contributed by atoms with van der Waals surface area (Å²) < 4.78 is 0. The molecule has 2 radical (unpaired) electrons. The number of rotatable bonds is 5. The monoisotopic (exact) mass is 516 g/mol. The van der Waals surface area contributed by atoms with Gasteiger partial charge >= 0.3 is 11.8 Å². The molecule has 8 nitrogen and oxygen atoms in total. The third-order valence-corrected chi connectivity index (χ3v) is 6.57. The van der Waals surface area contributed by atoms with Gasteiger partial charge in [0.2, 0.25) is 5.95 Å². The molecule has 2 N–H and O–H groups in total. The Balaban J connectivity index is 1.20. The number of carbonyl (C=O) groups excluding carboxylic acids is 1. The number of nitrogens with one attached hydrogen (secondary N) is 2. The molecule has 1 aliphatic rings. The topological polar surface area (TPSA) is 77.8 Å². The Morgan fingerprint density at radius 3 is 2.41 bits per heavy atom. The smallest absolute Gasteiger partial charge is 0.341 e. The highest BCUT2D eigenvalue weighted by Crippen LogP contribution is 2.22. The molecule has 0 saturated carbocycles. The summed E-state index contributed by atoms with van der Waals surface area (Å²) in [7, 11) is 2.15. The SMILES string of the molecule is [CH]c1cccc(C#[N+]c2ccc(C)c(C(=O)Nc3cnc(Nc4ccc(N5CCN(C)CC5)cc4)nc3)c2)c1. The highest BCUT2D eigenvalue weighted by molar-refractivity contribution is 6.05. The van der Waals surface area contributed by atoms with Crippen LogP contribution in [0.2, 0.25) is 0 Å². The van der Waals surface area contributed by atoms with Gasteiger partial charge in [0.05, 0.1) is 23.6 Å². The molecule has 2 heterocycles. The zero-order valence-electron chi connectivity index (χ0n) is 22.1. The molecule has 1 saturated heterocycles. The Bertz CT molecular complexity index is 1510. The minimum Gasteiger partial charge on any atom is -0.369 e. The fourth-order valence-electron chi connectivity index (χ4n) is 4.27. The fourth-order valence-corrected chi connectivity index (χ4v) is 4.27. The van der Waals surface area contributed by atoms with Crippen molar-refractivity contribution in [3.05, 3.63) is 113 Å². The summed E-state index contributed by atoms with van der Waals surface area (Å²) in [6, 6.07) is 23.9. The zero-order valence-corrected chi connectivity index (χ0v) is 22.1. The molecule has 0 unspecified atom stereocenters. The van der Waals surface area contributed by atoms with Crippen LogP contribution >= 0.6 is 0 Å². The van der Waals surface area contributed by atoms with Crippen LogP contribution in [-0.2, 0) is 0 Å². The second-order valence-corrected chi connectivity index (χ2v) is 9.56. The molecule has 0 spiro atoms. The molecule has 1 aromatic heterocycles. The van der Waals surface area contributed by atoms with E-state index in [1.165, 1.54) is 5.69 Å². The van der Waals surface area contributed by atoms with Gasteiger partial charge in [0.25, 0.3) is 5.91 Å². The summed E-state index contributed by atoms with van der Waals surface area (Å²) in [6.07, 6.45) is 3.16. The quantitative estimate of drug-likeness (QED) is 0.359. The summed E-state index contributed by atoms with van der Waals surface area (Å²) in [5, 5.41) is 6.08. The van der Waals surface area contributed by atoms with Crippen LogP contribution < -0.4 is 15.5 Å². The molecule has 3 aromatic carbocycles. The van der Waals surface area contributed by atoms with Crippen LogP contribution in [0.3, 0.4) is 0 Å². The van der Waals surface area contributed by atoms with Gasteiger partial charge in [-0.15, -0.1) is 0 Å². The van der Waals surface area contributed by atoms with Crippen molar-refractivity contribution in [1.29, 1.82) is 0 Å². The zero-order chi connectivity index (χ0) is 27.2. The van der Waals surface area contributed by atoms with Gasteiger partial charge in [0.15, 0.2) is 0 Å². The predicted octanol–water partition coefficient (Wildman–Crippen LogP) is 5.60. The fraction of sp³-hybridized carbons (Fsp3) is 0.194. The Hall–Kier alpha value is -4.74. The normalized spacial score (nSPS) is 13.4. The number of likely N-dealkylation sites (N-methyl/N-ethyl adjacent to an activating group) is 1. The first-order chi connectivity index (χ1) is 18.9. The molecule has 5 rings (SSSR count). The lowest BCUT2D eigenvalue weighted by atomic mass is 10.1. The van der Waals surface area contributed by atoms with Crippen molar-refractivity contribution >= 4 is 34.6 Å². The van der Waals surface area contributed by atoms with Crippen LogP contribution in [0.5, 0.6) is 0 Å². The van der Waals surface area contributed by atoms with E-state index in [-0.39, 0.29) is 5.91 Å². The summed E-state index contributed by atoms with van der Waals surface area (Å²) in [5.74, 6) is 0.183. The average Bonchev–Trinajstić information content (AvgIpc) is 2.94. The summed E-state index contributed by atoms with van der Waals surface area (Å²) >= 11 is 0. The van der Waals surface area contributed by atoms with Gasteiger partial charge in [-0.05, 0) is 73.3 Å². The summed E-state index contributed by atoms with van der Waals surface area (Å²) in [4.78, 5) is 30.8. The number of amides is 1. The maximum absolute atomic E-state index is 13.0. The van der Waals surface area contributed by atoms with Gasteiger partial charge in [-0.2, -0.15) is 0 Å². The number of nitrogens with zero attached hydrogens (tertiary/aromatic N) is 5. The van der Waals surface area contributed by atoms with Gasteiger partial charge in [-0.25, -0.2) is 9.97 Å². The van der Waals surface area contributed by atoms with E-state index in [1.54, 1.807) is 30.6 Å². The van der Waals surface area contributed by atoms with Crippen molar-refractivity contribution in [1.82, 2.24) is 14.9 Å². The molecule has 194 valence electrons. The van der Waals surface area contributed by atoms with Gasteiger partial charge < -0.3 is 20.4 Å². The second kappa shape index (κ2) is 11.8. The molecule has 4 aromatic rings. The first-order valence-corrected chi connectivity index (χ1v) is 12.8. The van der Waals surface area contributed by atoms with E-state index in [0.717, 1.165) is 43.0 Å². The standard InChI is InChI=1S/C31H29N7O/c1-22-5-4-6-24(17-22)19-32-26-8-7-23(2)29(18-26)30(39)35-27-20-33-31(34-21-27)36-25-9-11-28(12-10-25)38-15-13-37(3)14-16-38/h1,4-12,17-18,20-21H,13-16H2,2-3H3,(H-,33,34,35,36,39)/p+1. The Morgan fingerprint density at radius 1 is 0.949 bits per heavy atom. The van der Waals surface area contributed by atoms with E-state index >= 15 is 0 Å². The Morgan fingerprint density at radius 2 is 1.69 bits per heavy atom. The molecular weight excluding hydrogens is 486 g/mol. The molecule has 1 aliphatic heterocycles. The number of anilines is 4. The van der Waals surface area contributed by atoms with Crippen LogP contribution in [0.4, 0.5) is 28.7 Å². The number of aryl methyl sites for hydroxylation is 1.